The lowest BCUT2D eigenvalue weighted by atomic mass is 10.1. The van der Waals surface area contributed by atoms with Gasteiger partial charge in [-0.1, -0.05) is 0 Å². The van der Waals surface area contributed by atoms with Crippen LogP contribution in [0.3, 0.4) is 0 Å². The second-order valence-electron chi connectivity index (χ2n) is 12.4. The number of aryl methyl sites for hydroxylation is 8. The predicted molar refractivity (Wildman–Crippen MR) is 204 cm³/mol. The van der Waals surface area contributed by atoms with Crippen molar-refractivity contribution in [1.29, 1.82) is 0 Å². The topological polar surface area (TPSA) is 13.0 Å². The molecule has 2 aromatic carbocycles. The van der Waals surface area contributed by atoms with Crippen molar-refractivity contribution in [3.63, 3.8) is 0 Å². The van der Waals surface area contributed by atoms with E-state index in [-0.39, 0.29) is 0 Å². The van der Waals surface area contributed by atoms with Gasteiger partial charge in [-0.2, -0.15) is 0 Å². The molecule has 8 rings (SSSR count). The summed E-state index contributed by atoms with van der Waals surface area (Å²) >= 11 is 7.41. The summed E-state index contributed by atoms with van der Waals surface area (Å²) in [5.41, 5.74) is 10.0. The van der Waals surface area contributed by atoms with Gasteiger partial charge in [-0.15, -0.1) is 45.3 Å². The Morgan fingerprint density at radius 1 is 0.326 bits per heavy atom. The van der Waals surface area contributed by atoms with Crippen molar-refractivity contribution in [1.82, 2.24) is 0 Å². The maximum absolute atomic E-state index is 2.52. The average Bonchev–Trinajstić information content (AvgIpc) is 3.85. The molecule has 0 unspecified atom stereocenters. The summed E-state index contributed by atoms with van der Waals surface area (Å²) in [6.07, 6.45) is 0. The van der Waals surface area contributed by atoms with Crippen molar-refractivity contribution >= 4 is 88.1 Å². The number of hydrogen-bond acceptors (Lipinski definition) is 8. The fourth-order valence-electron chi connectivity index (χ4n) is 6.40. The van der Waals surface area contributed by atoms with Gasteiger partial charge in [-0.05, 0) is 150 Å². The molecule has 0 fully saturated rings. The zero-order chi connectivity index (χ0) is 32.0. The molecule has 0 saturated heterocycles. The highest BCUT2D eigenvalue weighted by Gasteiger charge is 2.46. The van der Waals surface area contributed by atoms with Crippen molar-refractivity contribution < 1.29 is 0 Å². The number of fused-ring (bicyclic) bond motifs is 2. The summed E-state index contributed by atoms with van der Waals surface area (Å²) in [5.74, 6) is 2.29. The number of thiophene rings is 4. The van der Waals surface area contributed by atoms with Gasteiger partial charge in [0.2, 0.25) is 0 Å². The van der Waals surface area contributed by atoms with Crippen molar-refractivity contribution in [2.24, 2.45) is 0 Å². The maximum Gasteiger partial charge on any atom is 0.167 e. The van der Waals surface area contributed by atoms with E-state index >= 15 is 0 Å². The number of anilines is 8. The smallest absolute Gasteiger partial charge is 0.167 e. The third-order valence-electron chi connectivity index (χ3n) is 8.98. The first-order valence-electron chi connectivity index (χ1n) is 15.5. The SMILES string of the molecule is Cc1ccc(N2C(=C3N(c4ccc(C)s4)c4cc(C)c(C)cc4N3c3ccc(C)s3)N(c3ccc(C)s3)c3cc(C)c(C)cc32)s1. The lowest BCUT2D eigenvalue weighted by molar-refractivity contribution is 1.03. The quantitative estimate of drug-likeness (QED) is 0.184. The van der Waals surface area contributed by atoms with Gasteiger partial charge in [0.1, 0.15) is 20.0 Å². The summed E-state index contributed by atoms with van der Waals surface area (Å²) in [6, 6.07) is 27.7. The van der Waals surface area contributed by atoms with E-state index in [0.717, 1.165) is 11.6 Å². The molecule has 0 amide bonds. The first kappa shape index (κ1) is 29.6. The van der Waals surface area contributed by atoms with Crippen LogP contribution in [0.4, 0.5) is 42.8 Å². The first-order valence-corrected chi connectivity index (χ1v) is 18.8. The van der Waals surface area contributed by atoms with Gasteiger partial charge in [0.15, 0.2) is 11.6 Å². The Hall–Kier alpha value is -3.82. The van der Waals surface area contributed by atoms with Crippen molar-refractivity contribution in [2.45, 2.75) is 55.4 Å². The fourth-order valence-corrected chi connectivity index (χ4v) is 9.92. The second kappa shape index (κ2) is 10.9. The van der Waals surface area contributed by atoms with Gasteiger partial charge in [0.25, 0.3) is 0 Å². The number of rotatable bonds is 4. The van der Waals surface area contributed by atoms with E-state index in [0.29, 0.717) is 0 Å². The number of nitrogens with zero attached hydrogens (tertiary/aromatic N) is 4. The molecule has 232 valence electrons. The Labute approximate surface area is 287 Å². The van der Waals surface area contributed by atoms with Gasteiger partial charge >= 0.3 is 0 Å². The molecule has 2 aliphatic heterocycles. The zero-order valence-corrected chi connectivity index (χ0v) is 30.6. The molecule has 0 saturated carbocycles. The molecule has 4 nitrogen and oxygen atoms in total. The minimum atomic E-state index is 1.15. The summed E-state index contributed by atoms with van der Waals surface area (Å²) in [4.78, 5) is 15.3. The highest BCUT2D eigenvalue weighted by molar-refractivity contribution is 7.17. The van der Waals surface area contributed by atoms with Gasteiger partial charge in [0.05, 0.1) is 22.7 Å². The molecule has 6 heterocycles. The van der Waals surface area contributed by atoms with E-state index in [1.54, 1.807) is 0 Å². The Balaban J connectivity index is 1.55. The molecule has 46 heavy (non-hydrogen) atoms. The maximum atomic E-state index is 2.52. The predicted octanol–water partition coefficient (Wildman–Crippen LogP) is 12.8. The van der Waals surface area contributed by atoms with E-state index in [9.17, 15) is 0 Å². The molecular formula is C38H36N4S4. The van der Waals surface area contributed by atoms with Crippen molar-refractivity contribution in [3.8, 4) is 0 Å². The van der Waals surface area contributed by atoms with E-state index < -0.39 is 0 Å². The van der Waals surface area contributed by atoms with Crippen molar-refractivity contribution in [3.05, 3.63) is 126 Å². The van der Waals surface area contributed by atoms with Crippen LogP contribution in [0.5, 0.6) is 0 Å². The van der Waals surface area contributed by atoms with Gasteiger partial charge in [-0.3, -0.25) is 19.6 Å². The van der Waals surface area contributed by atoms with Crippen LogP contribution >= 0.6 is 45.3 Å². The Morgan fingerprint density at radius 2 is 0.543 bits per heavy atom. The Kier molecular flexibility index (Phi) is 6.99. The number of benzene rings is 2. The molecule has 0 N–H and O–H groups in total. The van der Waals surface area contributed by atoms with Gasteiger partial charge in [-0.25, -0.2) is 0 Å². The molecule has 0 spiro atoms. The largest absolute Gasteiger partial charge is 0.282 e. The molecule has 8 heteroatoms. The highest BCUT2D eigenvalue weighted by atomic mass is 32.1. The van der Waals surface area contributed by atoms with Crippen LogP contribution in [0.15, 0.2) is 84.4 Å². The summed E-state index contributed by atoms with van der Waals surface area (Å²) < 4.78 is 0. The molecular weight excluding hydrogens is 641 g/mol. The van der Waals surface area contributed by atoms with Crippen molar-refractivity contribution in [2.75, 3.05) is 19.6 Å². The molecule has 0 radical (unpaired) electrons. The minimum Gasteiger partial charge on any atom is -0.282 e. The normalized spacial score (nSPS) is 14.3. The first-order chi connectivity index (χ1) is 22.1. The van der Waals surface area contributed by atoms with Crippen LogP contribution in [-0.4, -0.2) is 0 Å². The Bertz CT molecular complexity index is 1890. The van der Waals surface area contributed by atoms with Crippen LogP contribution in [-0.2, 0) is 0 Å². The van der Waals surface area contributed by atoms with Crippen LogP contribution in [0.2, 0.25) is 0 Å². The Morgan fingerprint density at radius 3 is 0.717 bits per heavy atom. The summed E-state index contributed by atoms with van der Waals surface area (Å²) in [5, 5.41) is 4.86. The third-order valence-corrected chi connectivity index (χ3v) is 12.9. The molecule has 6 aromatic rings. The molecule has 2 aliphatic rings. The van der Waals surface area contributed by atoms with Crippen LogP contribution in [0, 0.1) is 55.4 Å². The average molecular weight is 677 g/mol. The monoisotopic (exact) mass is 676 g/mol. The lowest BCUT2D eigenvalue weighted by Crippen LogP contribution is -2.32. The van der Waals surface area contributed by atoms with E-state index in [4.69, 9.17) is 0 Å². The van der Waals surface area contributed by atoms with Gasteiger partial charge in [0, 0.05) is 19.5 Å². The van der Waals surface area contributed by atoms with E-state index in [1.165, 1.54) is 84.5 Å². The molecule has 0 atom stereocenters. The summed E-state index contributed by atoms with van der Waals surface area (Å²) in [7, 11) is 0. The molecule has 4 aromatic heterocycles. The van der Waals surface area contributed by atoms with Crippen LogP contribution in [0.1, 0.15) is 41.8 Å². The summed E-state index contributed by atoms with van der Waals surface area (Å²) in [6.45, 7) is 17.8. The second-order valence-corrected chi connectivity index (χ2v) is 17.4. The highest BCUT2D eigenvalue weighted by Crippen LogP contribution is 2.60. The third kappa shape index (κ3) is 4.57. The lowest BCUT2D eigenvalue weighted by Gasteiger charge is -2.32. The molecule has 0 bridgehead atoms. The van der Waals surface area contributed by atoms with Crippen LogP contribution < -0.4 is 19.6 Å². The zero-order valence-electron chi connectivity index (χ0n) is 27.4. The molecule has 0 aliphatic carbocycles. The number of hydrogen-bond donors (Lipinski definition) is 0. The fraction of sp³-hybridized carbons (Fsp3) is 0.211. The standard InChI is InChI=1S/C38H36N4S4/c1-21-17-29-30(18-22(21)2)40(34-14-10-26(6)44-34)37(39(29)33-13-9-25(5)43-33)38-41(35-15-11-27(7)45-35)31-19-23(3)24(4)20-32(31)42(38)36-16-12-28(8)46-36/h9-20H,1-8H3. The minimum absolute atomic E-state index is 1.15. The van der Waals surface area contributed by atoms with Crippen LogP contribution in [0.25, 0.3) is 0 Å². The van der Waals surface area contributed by atoms with Gasteiger partial charge < -0.3 is 0 Å². The van der Waals surface area contributed by atoms with E-state index in [1.807, 2.05) is 45.3 Å². The van der Waals surface area contributed by atoms with E-state index in [2.05, 4.69) is 148 Å².